The van der Waals surface area contributed by atoms with Crippen LogP contribution >= 0.6 is 15.9 Å². The molecule has 0 aromatic carbocycles. The van der Waals surface area contributed by atoms with Crippen molar-refractivity contribution in [3.8, 4) is 0 Å². The molecule has 0 aliphatic heterocycles. The molecule has 2 N–H and O–H groups in total. The fourth-order valence-corrected chi connectivity index (χ4v) is 2.37. The van der Waals surface area contributed by atoms with E-state index in [1.54, 1.807) is 12.4 Å². The first-order valence-electron chi connectivity index (χ1n) is 5.64. The molecule has 2 rings (SSSR count). The summed E-state index contributed by atoms with van der Waals surface area (Å²) in [6, 6.07) is 0.305. The molecule has 0 spiro atoms. The summed E-state index contributed by atoms with van der Waals surface area (Å²) >= 11 is 3.30. The van der Waals surface area contributed by atoms with Crippen LogP contribution in [0.1, 0.15) is 25.7 Å². The number of rotatable bonds is 3. The Morgan fingerprint density at radius 1 is 1.31 bits per heavy atom. The number of hydrogen-bond donors (Lipinski definition) is 2. The first-order valence-corrected chi connectivity index (χ1v) is 6.44. The summed E-state index contributed by atoms with van der Waals surface area (Å²) in [6.07, 6.45) is 8.06. The van der Waals surface area contributed by atoms with E-state index in [0.717, 1.165) is 17.3 Å². The van der Waals surface area contributed by atoms with Crippen LogP contribution in [0.15, 0.2) is 16.9 Å². The average Bonchev–Trinajstić information content (AvgIpc) is 2.33. The summed E-state index contributed by atoms with van der Waals surface area (Å²) in [4.78, 5) is 8.38. The Kier molecular flexibility index (Phi) is 4.12. The number of aromatic nitrogens is 2. The number of anilines is 1. The SMILES string of the molecule is OC[C@@H]1CCCC[C@@H]1Nc1ncc(Br)cn1. The quantitative estimate of drug-likeness (QED) is 0.894. The smallest absolute Gasteiger partial charge is 0.222 e. The van der Waals surface area contributed by atoms with E-state index in [0.29, 0.717) is 17.9 Å². The maximum absolute atomic E-state index is 9.30. The van der Waals surface area contributed by atoms with E-state index in [1.165, 1.54) is 12.8 Å². The van der Waals surface area contributed by atoms with Crippen molar-refractivity contribution in [3.63, 3.8) is 0 Å². The van der Waals surface area contributed by atoms with Gasteiger partial charge in [0.05, 0.1) is 4.47 Å². The molecule has 5 heteroatoms. The number of aliphatic hydroxyl groups is 1. The topological polar surface area (TPSA) is 58.0 Å². The van der Waals surface area contributed by atoms with Crippen molar-refractivity contribution in [3.05, 3.63) is 16.9 Å². The van der Waals surface area contributed by atoms with Crippen LogP contribution in [0.3, 0.4) is 0 Å². The first-order chi connectivity index (χ1) is 7.79. The molecule has 4 nitrogen and oxygen atoms in total. The van der Waals surface area contributed by atoms with E-state index in [1.807, 2.05) is 0 Å². The normalized spacial score (nSPS) is 25.4. The van der Waals surface area contributed by atoms with E-state index in [-0.39, 0.29) is 6.61 Å². The summed E-state index contributed by atoms with van der Waals surface area (Å²) in [5, 5.41) is 12.6. The van der Waals surface area contributed by atoms with Crippen LogP contribution in [0.2, 0.25) is 0 Å². The third-order valence-electron chi connectivity index (χ3n) is 3.08. The lowest BCUT2D eigenvalue weighted by atomic mass is 9.85. The Morgan fingerprint density at radius 2 is 2.00 bits per heavy atom. The van der Waals surface area contributed by atoms with Gasteiger partial charge in [-0.1, -0.05) is 12.8 Å². The van der Waals surface area contributed by atoms with Gasteiger partial charge in [-0.25, -0.2) is 9.97 Å². The molecular formula is C11H16BrN3O. The lowest BCUT2D eigenvalue weighted by Crippen LogP contribution is -2.34. The second-order valence-electron chi connectivity index (χ2n) is 4.20. The molecule has 1 heterocycles. The number of nitrogens with zero attached hydrogens (tertiary/aromatic N) is 2. The van der Waals surface area contributed by atoms with Gasteiger partial charge in [-0.15, -0.1) is 0 Å². The minimum absolute atomic E-state index is 0.244. The summed E-state index contributed by atoms with van der Waals surface area (Å²) < 4.78 is 0.875. The minimum atomic E-state index is 0.244. The van der Waals surface area contributed by atoms with E-state index < -0.39 is 0 Å². The highest BCUT2D eigenvalue weighted by molar-refractivity contribution is 9.10. The zero-order valence-electron chi connectivity index (χ0n) is 9.06. The predicted octanol–water partition coefficient (Wildman–Crippen LogP) is 2.20. The fourth-order valence-electron chi connectivity index (χ4n) is 2.17. The summed E-state index contributed by atoms with van der Waals surface area (Å²) in [5.74, 6) is 0.981. The lowest BCUT2D eigenvalue weighted by Gasteiger charge is -2.30. The van der Waals surface area contributed by atoms with Crippen molar-refractivity contribution in [2.45, 2.75) is 31.7 Å². The second-order valence-corrected chi connectivity index (χ2v) is 5.12. The Balaban J connectivity index is 1.99. The fraction of sp³-hybridized carbons (Fsp3) is 0.636. The highest BCUT2D eigenvalue weighted by Gasteiger charge is 2.24. The summed E-state index contributed by atoms with van der Waals surface area (Å²) in [5.41, 5.74) is 0. The largest absolute Gasteiger partial charge is 0.396 e. The van der Waals surface area contributed by atoms with Crippen LogP contribution in [0.25, 0.3) is 0 Å². The van der Waals surface area contributed by atoms with E-state index in [9.17, 15) is 5.11 Å². The maximum Gasteiger partial charge on any atom is 0.222 e. The standard InChI is InChI=1S/C11H16BrN3O/c12-9-5-13-11(14-6-9)15-10-4-2-1-3-8(10)7-16/h5-6,8,10,16H,1-4,7H2,(H,13,14,15)/t8-,10-/m0/s1. The monoisotopic (exact) mass is 285 g/mol. The van der Waals surface area contributed by atoms with Crippen molar-refractivity contribution in [2.24, 2.45) is 5.92 Å². The van der Waals surface area contributed by atoms with E-state index in [4.69, 9.17) is 0 Å². The van der Waals surface area contributed by atoms with E-state index >= 15 is 0 Å². The minimum Gasteiger partial charge on any atom is -0.396 e. The van der Waals surface area contributed by atoms with Gasteiger partial charge in [-0.2, -0.15) is 0 Å². The van der Waals surface area contributed by atoms with Gasteiger partial charge in [0.2, 0.25) is 5.95 Å². The second kappa shape index (κ2) is 5.59. The zero-order chi connectivity index (χ0) is 11.4. The molecule has 1 aliphatic rings. The number of hydrogen-bond acceptors (Lipinski definition) is 4. The molecule has 1 aromatic heterocycles. The molecule has 0 bridgehead atoms. The van der Waals surface area contributed by atoms with Crippen molar-refractivity contribution in [1.82, 2.24) is 9.97 Å². The number of nitrogens with one attached hydrogen (secondary N) is 1. The van der Waals surface area contributed by atoms with Crippen LogP contribution in [0.5, 0.6) is 0 Å². The van der Waals surface area contributed by atoms with Crippen LogP contribution in [-0.2, 0) is 0 Å². The first kappa shape index (κ1) is 11.8. The van der Waals surface area contributed by atoms with Gasteiger partial charge in [0.25, 0.3) is 0 Å². The van der Waals surface area contributed by atoms with Gasteiger partial charge in [-0.3, -0.25) is 0 Å². The summed E-state index contributed by atoms with van der Waals surface area (Å²) in [7, 11) is 0. The molecule has 88 valence electrons. The van der Waals surface area contributed by atoms with Crippen molar-refractivity contribution < 1.29 is 5.11 Å². The zero-order valence-corrected chi connectivity index (χ0v) is 10.7. The van der Waals surface area contributed by atoms with Gasteiger partial charge >= 0.3 is 0 Å². The van der Waals surface area contributed by atoms with Gasteiger partial charge in [0.15, 0.2) is 0 Å². The molecule has 1 fully saturated rings. The molecule has 0 saturated heterocycles. The van der Waals surface area contributed by atoms with Crippen molar-refractivity contribution in [1.29, 1.82) is 0 Å². The summed E-state index contributed by atoms with van der Waals surface area (Å²) in [6.45, 7) is 0.244. The number of halogens is 1. The van der Waals surface area contributed by atoms with Crippen molar-refractivity contribution in [2.75, 3.05) is 11.9 Å². The molecule has 1 saturated carbocycles. The highest BCUT2D eigenvalue weighted by Crippen LogP contribution is 2.26. The van der Waals surface area contributed by atoms with Crippen molar-refractivity contribution >= 4 is 21.9 Å². The Labute approximate surface area is 104 Å². The Hall–Kier alpha value is -0.680. The molecule has 0 amide bonds. The van der Waals surface area contributed by atoms with Crippen LogP contribution in [0.4, 0.5) is 5.95 Å². The molecule has 16 heavy (non-hydrogen) atoms. The lowest BCUT2D eigenvalue weighted by molar-refractivity contribution is 0.178. The van der Waals surface area contributed by atoms with Gasteiger partial charge < -0.3 is 10.4 Å². The van der Waals surface area contributed by atoms with Crippen LogP contribution < -0.4 is 5.32 Å². The van der Waals surface area contributed by atoms with Gasteiger partial charge in [-0.05, 0) is 28.8 Å². The predicted molar refractivity (Wildman–Crippen MR) is 66.2 cm³/mol. The molecular weight excluding hydrogens is 270 g/mol. The van der Waals surface area contributed by atoms with Crippen LogP contribution in [-0.4, -0.2) is 27.7 Å². The average molecular weight is 286 g/mol. The third kappa shape index (κ3) is 2.92. The molecule has 1 aliphatic carbocycles. The molecule has 2 atom stereocenters. The third-order valence-corrected chi connectivity index (χ3v) is 3.49. The van der Waals surface area contributed by atoms with Crippen LogP contribution in [0, 0.1) is 5.92 Å². The van der Waals surface area contributed by atoms with Gasteiger partial charge in [0, 0.05) is 31.0 Å². The molecule has 0 unspecified atom stereocenters. The molecule has 1 aromatic rings. The van der Waals surface area contributed by atoms with E-state index in [2.05, 4.69) is 31.2 Å². The van der Waals surface area contributed by atoms with Gasteiger partial charge in [0.1, 0.15) is 0 Å². The molecule has 0 radical (unpaired) electrons. The highest BCUT2D eigenvalue weighted by atomic mass is 79.9. The Bertz CT molecular complexity index is 331. The maximum atomic E-state index is 9.30. The Morgan fingerprint density at radius 3 is 2.69 bits per heavy atom. The number of aliphatic hydroxyl groups excluding tert-OH is 1.